The third kappa shape index (κ3) is 3.34. The lowest BCUT2D eigenvalue weighted by Gasteiger charge is -2.38. The van der Waals surface area contributed by atoms with Gasteiger partial charge < -0.3 is 5.32 Å². The van der Waals surface area contributed by atoms with Crippen molar-refractivity contribution >= 4 is 0 Å². The maximum absolute atomic E-state index is 3.59. The van der Waals surface area contributed by atoms with Gasteiger partial charge in [-0.1, -0.05) is 44.5 Å². The first-order valence-electron chi connectivity index (χ1n) is 8.86. The van der Waals surface area contributed by atoms with Crippen molar-refractivity contribution in [2.24, 2.45) is 11.3 Å². The molecule has 2 saturated carbocycles. The Morgan fingerprint density at radius 3 is 2.10 bits per heavy atom. The van der Waals surface area contributed by atoms with Crippen LogP contribution in [0.15, 0.2) is 24.3 Å². The molecule has 2 aliphatic rings. The molecule has 0 spiro atoms. The highest BCUT2D eigenvalue weighted by Gasteiger charge is 2.31. The van der Waals surface area contributed by atoms with Gasteiger partial charge in [0.25, 0.3) is 0 Å². The van der Waals surface area contributed by atoms with Crippen LogP contribution in [0.5, 0.6) is 0 Å². The van der Waals surface area contributed by atoms with Gasteiger partial charge in [-0.25, -0.2) is 0 Å². The maximum atomic E-state index is 3.59. The predicted molar refractivity (Wildman–Crippen MR) is 90.6 cm³/mol. The van der Waals surface area contributed by atoms with Crippen LogP contribution < -0.4 is 5.32 Å². The van der Waals surface area contributed by atoms with Gasteiger partial charge in [0, 0.05) is 6.04 Å². The largest absolute Gasteiger partial charge is 0.313 e. The lowest BCUT2D eigenvalue weighted by molar-refractivity contribution is 0.164. The molecular formula is C20H31N. The Morgan fingerprint density at radius 2 is 1.62 bits per heavy atom. The average Bonchev–Trinajstić information content (AvgIpc) is 2.41. The number of benzene rings is 1. The minimum absolute atomic E-state index is 0.538. The van der Waals surface area contributed by atoms with Crippen LogP contribution >= 0.6 is 0 Å². The maximum Gasteiger partial charge on any atom is 0.0346 e. The third-order valence-corrected chi connectivity index (χ3v) is 6.04. The molecule has 1 aromatic rings. The average molecular weight is 285 g/mol. The summed E-state index contributed by atoms with van der Waals surface area (Å²) in [6, 6.07) is 10.1. The molecule has 0 amide bonds. The SMILES string of the molecule is CNC(c1ccc(C2CCC2)cc1)C1CCC(C)(C)CC1. The number of rotatable bonds is 4. The molecule has 1 aromatic carbocycles. The Morgan fingerprint density at radius 1 is 1.00 bits per heavy atom. The summed E-state index contributed by atoms with van der Waals surface area (Å²) in [4.78, 5) is 0. The van der Waals surface area contributed by atoms with Crippen molar-refractivity contribution in [2.45, 2.75) is 70.8 Å². The molecule has 116 valence electrons. The van der Waals surface area contributed by atoms with Gasteiger partial charge in [0.2, 0.25) is 0 Å². The van der Waals surface area contributed by atoms with E-state index in [1.54, 1.807) is 5.56 Å². The van der Waals surface area contributed by atoms with Crippen molar-refractivity contribution < 1.29 is 0 Å². The quantitative estimate of drug-likeness (QED) is 0.777. The Hall–Kier alpha value is -0.820. The van der Waals surface area contributed by atoms with E-state index < -0.39 is 0 Å². The molecule has 3 rings (SSSR count). The van der Waals surface area contributed by atoms with Crippen LogP contribution in [0, 0.1) is 11.3 Å². The molecular weight excluding hydrogens is 254 g/mol. The van der Waals surface area contributed by atoms with Gasteiger partial charge in [0.05, 0.1) is 0 Å². The molecule has 0 bridgehead atoms. The van der Waals surface area contributed by atoms with Gasteiger partial charge in [0.1, 0.15) is 0 Å². The van der Waals surface area contributed by atoms with E-state index in [1.165, 1.54) is 50.5 Å². The summed E-state index contributed by atoms with van der Waals surface area (Å²) in [6.07, 6.45) is 9.68. The standard InChI is InChI=1S/C20H31N/c1-20(2)13-11-18(12-14-20)19(21-3)17-9-7-16(8-10-17)15-5-4-6-15/h7-10,15,18-19,21H,4-6,11-14H2,1-3H3. The van der Waals surface area contributed by atoms with Crippen LogP contribution in [0.2, 0.25) is 0 Å². The molecule has 0 heterocycles. The lowest BCUT2D eigenvalue weighted by atomic mass is 9.70. The molecule has 1 unspecified atom stereocenters. The van der Waals surface area contributed by atoms with Gasteiger partial charge >= 0.3 is 0 Å². The molecule has 0 radical (unpaired) electrons. The number of hydrogen-bond acceptors (Lipinski definition) is 1. The number of nitrogens with one attached hydrogen (secondary N) is 1. The summed E-state index contributed by atoms with van der Waals surface area (Å²) in [5.41, 5.74) is 3.61. The van der Waals surface area contributed by atoms with E-state index in [0.29, 0.717) is 11.5 Å². The molecule has 21 heavy (non-hydrogen) atoms. The van der Waals surface area contributed by atoms with Crippen LogP contribution in [0.1, 0.15) is 81.9 Å². The molecule has 1 nitrogen and oxygen atoms in total. The van der Waals surface area contributed by atoms with Crippen molar-refractivity contribution in [1.82, 2.24) is 5.32 Å². The van der Waals surface area contributed by atoms with Gasteiger partial charge in [-0.15, -0.1) is 0 Å². The Kier molecular flexibility index (Phi) is 4.40. The molecule has 1 N–H and O–H groups in total. The zero-order valence-corrected chi connectivity index (χ0v) is 14.0. The van der Waals surface area contributed by atoms with E-state index in [0.717, 1.165) is 11.8 Å². The van der Waals surface area contributed by atoms with Gasteiger partial charge in [0.15, 0.2) is 0 Å². The second kappa shape index (κ2) is 6.12. The third-order valence-electron chi connectivity index (χ3n) is 6.04. The van der Waals surface area contributed by atoms with Crippen LogP contribution in [0.3, 0.4) is 0 Å². The van der Waals surface area contributed by atoms with E-state index in [4.69, 9.17) is 0 Å². The predicted octanol–water partition coefficient (Wildman–Crippen LogP) is 5.43. The fourth-order valence-corrected chi connectivity index (χ4v) is 4.15. The molecule has 2 aliphatic carbocycles. The minimum Gasteiger partial charge on any atom is -0.313 e. The smallest absolute Gasteiger partial charge is 0.0346 e. The van der Waals surface area contributed by atoms with Crippen molar-refractivity contribution in [3.63, 3.8) is 0 Å². The van der Waals surface area contributed by atoms with Crippen LogP contribution in [-0.4, -0.2) is 7.05 Å². The first kappa shape index (κ1) is 15.1. The Labute approximate surface area is 130 Å². The molecule has 1 heteroatoms. The van der Waals surface area contributed by atoms with E-state index in [2.05, 4.69) is 50.5 Å². The van der Waals surface area contributed by atoms with E-state index >= 15 is 0 Å². The van der Waals surface area contributed by atoms with E-state index in [1.807, 2.05) is 0 Å². The van der Waals surface area contributed by atoms with Crippen molar-refractivity contribution in [3.05, 3.63) is 35.4 Å². The summed E-state index contributed by atoms with van der Waals surface area (Å²) < 4.78 is 0. The summed E-state index contributed by atoms with van der Waals surface area (Å²) in [5.74, 6) is 1.65. The summed E-state index contributed by atoms with van der Waals surface area (Å²) >= 11 is 0. The normalized spacial score (nSPS) is 24.5. The fourth-order valence-electron chi connectivity index (χ4n) is 4.15. The van der Waals surface area contributed by atoms with Gasteiger partial charge in [-0.05, 0) is 74.0 Å². The first-order chi connectivity index (χ1) is 10.1. The van der Waals surface area contributed by atoms with Crippen molar-refractivity contribution in [2.75, 3.05) is 7.05 Å². The fraction of sp³-hybridized carbons (Fsp3) is 0.700. The highest BCUT2D eigenvalue weighted by molar-refractivity contribution is 5.29. The lowest BCUT2D eigenvalue weighted by Crippen LogP contribution is -2.31. The van der Waals surface area contributed by atoms with Crippen LogP contribution in [0.4, 0.5) is 0 Å². The molecule has 0 aromatic heterocycles. The van der Waals surface area contributed by atoms with Crippen molar-refractivity contribution in [1.29, 1.82) is 0 Å². The Bertz CT molecular complexity index is 445. The Balaban J connectivity index is 1.68. The van der Waals surface area contributed by atoms with Crippen LogP contribution in [-0.2, 0) is 0 Å². The highest BCUT2D eigenvalue weighted by atomic mass is 14.9. The van der Waals surface area contributed by atoms with E-state index in [-0.39, 0.29) is 0 Å². The highest BCUT2D eigenvalue weighted by Crippen LogP contribution is 2.43. The first-order valence-corrected chi connectivity index (χ1v) is 8.86. The second-order valence-corrected chi connectivity index (χ2v) is 8.06. The molecule has 0 aliphatic heterocycles. The summed E-state index contributed by atoms with van der Waals surface area (Å²) in [6.45, 7) is 4.84. The van der Waals surface area contributed by atoms with Gasteiger partial charge in [-0.3, -0.25) is 0 Å². The van der Waals surface area contributed by atoms with Crippen LogP contribution in [0.25, 0.3) is 0 Å². The number of hydrogen-bond donors (Lipinski definition) is 1. The molecule has 1 atom stereocenters. The van der Waals surface area contributed by atoms with E-state index in [9.17, 15) is 0 Å². The van der Waals surface area contributed by atoms with Gasteiger partial charge in [-0.2, -0.15) is 0 Å². The zero-order chi connectivity index (χ0) is 14.9. The summed E-state index contributed by atoms with van der Waals surface area (Å²) in [5, 5.41) is 3.59. The topological polar surface area (TPSA) is 12.0 Å². The molecule has 0 saturated heterocycles. The second-order valence-electron chi connectivity index (χ2n) is 8.06. The monoisotopic (exact) mass is 285 g/mol. The zero-order valence-electron chi connectivity index (χ0n) is 14.0. The molecule has 2 fully saturated rings. The minimum atomic E-state index is 0.538. The summed E-state index contributed by atoms with van der Waals surface area (Å²) in [7, 11) is 2.13. The van der Waals surface area contributed by atoms with Crippen molar-refractivity contribution in [3.8, 4) is 0 Å².